The predicted octanol–water partition coefficient (Wildman–Crippen LogP) is 3.45. The number of hydrogen-bond acceptors (Lipinski definition) is 4. The lowest BCUT2D eigenvalue weighted by Gasteiger charge is -2.39. The number of rotatable bonds is 8. The van der Waals surface area contributed by atoms with Crippen molar-refractivity contribution in [3.8, 4) is 0 Å². The van der Waals surface area contributed by atoms with Gasteiger partial charge in [-0.25, -0.2) is 0 Å². The summed E-state index contributed by atoms with van der Waals surface area (Å²) in [5, 5.41) is 7.44. The molecule has 2 aromatic rings. The molecule has 3 rings (SSSR count). The highest BCUT2D eigenvalue weighted by Crippen LogP contribution is 2.17. The Hall–Kier alpha value is -1.76. The first-order chi connectivity index (χ1) is 13.7. The first-order valence-corrected chi connectivity index (χ1v) is 11.4. The Morgan fingerprint density at radius 3 is 2.29 bits per heavy atom. The van der Waals surface area contributed by atoms with Gasteiger partial charge in [-0.3, -0.25) is 4.90 Å². The minimum Gasteiger partial charge on any atom is -0.369 e. The number of piperazine rings is 1. The average molecular weight is 415 g/mol. The van der Waals surface area contributed by atoms with Crippen LogP contribution in [0.3, 0.4) is 0 Å². The van der Waals surface area contributed by atoms with E-state index in [0.29, 0.717) is 6.04 Å². The summed E-state index contributed by atoms with van der Waals surface area (Å²) in [6.07, 6.45) is 0. The molecule has 2 aromatic carbocycles. The van der Waals surface area contributed by atoms with Crippen molar-refractivity contribution < 1.29 is 0 Å². The van der Waals surface area contributed by atoms with Crippen LogP contribution in [0.25, 0.3) is 0 Å². The van der Waals surface area contributed by atoms with E-state index in [0.717, 1.165) is 50.1 Å². The minimum absolute atomic E-state index is 0.469. The van der Waals surface area contributed by atoms with E-state index in [2.05, 4.69) is 82.0 Å². The van der Waals surface area contributed by atoms with Crippen LogP contribution in [0.4, 0.5) is 5.69 Å². The second kappa shape index (κ2) is 11.3. The average Bonchev–Trinajstić information content (AvgIpc) is 2.76. The molecule has 0 radical (unpaired) electrons. The fourth-order valence-electron chi connectivity index (χ4n) is 3.34. The molecule has 2 N–H and O–H groups in total. The van der Waals surface area contributed by atoms with Crippen LogP contribution >= 0.6 is 24.0 Å². The van der Waals surface area contributed by atoms with Crippen LogP contribution in [0.5, 0.6) is 0 Å². The van der Waals surface area contributed by atoms with E-state index < -0.39 is 0 Å². The molecule has 0 aromatic heterocycles. The lowest BCUT2D eigenvalue weighted by molar-refractivity contribution is 0.197. The van der Waals surface area contributed by atoms with Gasteiger partial charge in [0.05, 0.1) is 0 Å². The fraction of sp³-hybridized carbons (Fsp3) is 0.409. The standard InChI is InChI=1S/C22H30N4S2/c1-19(25-13-15-26(16-14-25)20-8-4-2-5-9-20)18-24-22(27)23-12-17-28-21-10-6-3-7-11-21/h2-11,19H,12-18H2,1H3,(H2,23,24,27). The van der Waals surface area contributed by atoms with Crippen molar-refractivity contribution in [2.75, 3.05) is 49.9 Å². The van der Waals surface area contributed by atoms with Gasteiger partial charge in [-0.1, -0.05) is 36.4 Å². The zero-order valence-corrected chi connectivity index (χ0v) is 18.1. The maximum Gasteiger partial charge on any atom is 0.166 e. The number of nitrogens with one attached hydrogen (secondary N) is 2. The third-order valence-corrected chi connectivity index (χ3v) is 6.32. The summed E-state index contributed by atoms with van der Waals surface area (Å²) < 4.78 is 0. The summed E-state index contributed by atoms with van der Waals surface area (Å²) in [6.45, 7) is 8.36. The number of anilines is 1. The number of hydrogen-bond donors (Lipinski definition) is 2. The quantitative estimate of drug-likeness (QED) is 0.391. The van der Waals surface area contributed by atoms with Gasteiger partial charge >= 0.3 is 0 Å². The highest BCUT2D eigenvalue weighted by molar-refractivity contribution is 7.99. The van der Waals surface area contributed by atoms with E-state index >= 15 is 0 Å². The van der Waals surface area contributed by atoms with Gasteiger partial charge in [-0.15, -0.1) is 11.8 Å². The molecule has 1 atom stereocenters. The van der Waals surface area contributed by atoms with Crippen molar-refractivity contribution in [1.82, 2.24) is 15.5 Å². The van der Waals surface area contributed by atoms with Crippen molar-refractivity contribution >= 4 is 34.8 Å². The highest BCUT2D eigenvalue weighted by Gasteiger charge is 2.21. The van der Waals surface area contributed by atoms with Crippen LogP contribution < -0.4 is 15.5 Å². The molecule has 1 fully saturated rings. The van der Waals surface area contributed by atoms with Crippen molar-refractivity contribution in [3.63, 3.8) is 0 Å². The van der Waals surface area contributed by atoms with Gasteiger partial charge < -0.3 is 15.5 Å². The normalized spacial score (nSPS) is 15.8. The van der Waals surface area contributed by atoms with Gasteiger partial charge in [0.2, 0.25) is 0 Å². The van der Waals surface area contributed by atoms with Crippen molar-refractivity contribution in [1.29, 1.82) is 0 Å². The van der Waals surface area contributed by atoms with Crippen LogP contribution in [-0.4, -0.2) is 61.1 Å². The molecular formula is C22H30N4S2. The van der Waals surface area contributed by atoms with Crippen LogP contribution in [0.15, 0.2) is 65.6 Å². The smallest absolute Gasteiger partial charge is 0.166 e. The molecule has 1 aliphatic heterocycles. The number of thioether (sulfide) groups is 1. The Bertz CT molecular complexity index is 703. The van der Waals surface area contributed by atoms with Crippen LogP contribution in [-0.2, 0) is 0 Å². The first kappa shape index (κ1) is 21.0. The Labute approximate surface area is 178 Å². The Kier molecular flexibility index (Phi) is 8.45. The predicted molar refractivity (Wildman–Crippen MR) is 125 cm³/mol. The molecule has 1 saturated heterocycles. The minimum atomic E-state index is 0.469. The number of para-hydroxylation sites is 1. The fourth-order valence-corrected chi connectivity index (χ4v) is 4.32. The number of benzene rings is 2. The zero-order valence-electron chi connectivity index (χ0n) is 16.5. The van der Waals surface area contributed by atoms with E-state index in [-0.39, 0.29) is 0 Å². The summed E-state index contributed by atoms with van der Waals surface area (Å²) in [4.78, 5) is 6.31. The SMILES string of the molecule is CC(CNC(=S)NCCSc1ccccc1)N1CCN(c2ccccc2)CC1. The molecule has 150 valence electrons. The Balaban J connectivity index is 1.29. The molecule has 0 amide bonds. The Morgan fingerprint density at radius 1 is 0.964 bits per heavy atom. The van der Waals surface area contributed by atoms with E-state index in [1.807, 2.05) is 17.8 Å². The Morgan fingerprint density at radius 2 is 1.61 bits per heavy atom. The number of nitrogens with zero attached hydrogens (tertiary/aromatic N) is 2. The molecule has 0 bridgehead atoms. The molecular weight excluding hydrogens is 384 g/mol. The second-order valence-corrected chi connectivity index (χ2v) is 8.58. The van der Waals surface area contributed by atoms with Gasteiger partial charge in [0, 0.05) is 61.6 Å². The molecule has 1 aliphatic rings. The lowest BCUT2D eigenvalue weighted by Crippen LogP contribution is -2.53. The van der Waals surface area contributed by atoms with Gasteiger partial charge in [-0.2, -0.15) is 0 Å². The van der Waals surface area contributed by atoms with Crippen molar-refractivity contribution in [3.05, 3.63) is 60.7 Å². The summed E-state index contributed by atoms with van der Waals surface area (Å²) in [6, 6.07) is 21.6. The monoisotopic (exact) mass is 414 g/mol. The van der Waals surface area contributed by atoms with Crippen LogP contribution in [0.1, 0.15) is 6.92 Å². The van der Waals surface area contributed by atoms with E-state index in [1.54, 1.807) is 0 Å². The van der Waals surface area contributed by atoms with Crippen molar-refractivity contribution in [2.24, 2.45) is 0 Å². The molecule has 4 nitrogen and oxygen atoms in total. The lowest BCUT2D eigenvalue weighted by atomic mass is 10.2. The number of thiocarbonyl (C=S) groups is 1. The first-order valence-electron chi connectivity index (χ1n) is 9.96. The van der Waals surface area contributed by atoms with Crippen LogP contribution in [0.2, 0.25) is 0 Å². The van der Waals surface area contributed by atoms with E-state index in [1.165, 1.54) is 10.6 Å². The third kappa shape index (κ3) is 6.69. The summed E-state index contributed by atoms with van der Waals surface area (Å²) >= 11 is 7.27. The zero-order chi connectivity index (χ0) is 19.6. The summed E-state index contributed by atoms with van der Waals surface area (Å²) in [5.41, 5.74) is 1.33. The van der Waals surface area contributed by atoms with Crippen LogP contribution in [0, 0.1) is 0 Å². The van der Waals surface area contributed by atoms with Crippen molar-refractivity contribution in [2.45, 2.75) is 17.9 Å². The maximum absolute atomic E-state index is 5.43. The van der Waals surface area contributed by atoms with E-state index in [4.69, 9.17) is 12.2 Å². The van der Waals surface area contributed by atoms with Gasteiger partial charge in [0.1, 0.15) is 0 Å². The molecule has 0 saturated carbocycles. The molecule has 1 unspecified atom stereocenters. The molecule has 0 spiro atoms. The maximum atomic E-state index is 5.43. The van der Waals surface area contributed by atoms with Gasteiger partial charge in [0.15, 0.2) is 5.11 Å². The third-order valence-electron chi connectivity index (χ3n) is 5.02. The molecule has 28 heavy (non-hydrogen) atoms. The molecule has 1 heterocycles. The second-order valence-electron chi connectivity index (χ2n) is 7.01. The van der Waals surface area contributed by atoms with Gasteiger partial charge in [0.25, 0.3) is 0 Å². The van der Waals surface area contributed by atoms with E-state index in [9.17, 15) is 0 Å². The summed E-state index contributed by atoms with van der Waals surface area (Å²) in [5.74, 6) is 1.00. The largest absolute Gasteiger partial charge is 0.369 e. The summed E-state index contributed by atoms with van der Waals surface area (Å²) in [7, 11) is 0. The topological polar surface area (TPSA) is 30.5 Å². The highest BCUT2D eigenvalue weighted by atomic mass is 32.2. The molecule has 6 heteroatoms. The van der Waals surface area contributed by atoms with Gasteiger partial charge in [-0.05, 0) is 43.4 Å². The molecule has 0 aliphatic carbocycles.